The minimum atomic E-state index is -1.18. The molecule has 0 saturated heterocycles. The van der Waals surface area contributed by atoms with E-state index >= 15 is 0 Å². The van der Waals surface area contributed by atoms with Crippen molar-refractivity contribution in [1.29, 1.82) is 0 Å². The van der Waals surface area contributed by atoms with Gasteiger partial charge in [0, 0.05) is 50.5 Å². The predicted molar refractivity (Wildman–Crippen MR) is 141 cm³/mol. The van der Waals surface area contributed by atoms with Crippen LogP contribution in [0.25, 0.3) is 22.2 Å². The largest absolute Gasteiger partial charge is 0.496 e. The third-order valence-corrected chi connectivity index (χ3v) is 7.14. The second-order valence-corrected chi connectivity index (χ2v) is 15.4. The summed E-state index contributed by atoms with van der Waals surface area (Å²) in [6.45, 7) is 9.44. The van der Waals surface area contributed by atoms with E-state index < -0.39 is 8.07 Å². The molecule has 2 N–H and O–H groups in total. The Balaban J connectivity index is 1.88. The standard InChI is InChI=1S/C25H37N5O3Si/c1-29(2)14-13-26-25(31)28-23-12-11-20-21(19-9-7-8-10-22(19)32-3)17-30(24(20)27-23)18-33-15-16-34(4,5)6/h7-12,17H,13-16,18H2,1-6H3,(H2,26,27,28,31). The fourth-order valence-corrected chi connectivity index (χ4v) is 4.27. The van der Waals surface area contributed by atoms with Crippen LogP contribution < -0.4 is 15.4 Å². The van der Waals surface area contributed by atoms with E-state index in [2.05, 4.69) is 30.3 Å². The molecule has 2 heterocycles. The van der Waals surface area contributed by atoms with Gasteiger partial charge in [-0.3, -0.25) is 5.32 Å². The van der Waals surface area contributed by atoms with Crippen LogP contribution in [-0.2, 0) is 11.5 Å². The average molecular weight is 484 g/mol. The molecule has 2 aromatic heterocycles. The maximum Gasteiger partial charge on any atom is 0.320 e. The van der Waals surface area contributed by atoms with Gasteiger partial charge in [0.1, 0.15) is 23.9 Å². The highest BCUT2D eigenvalue weighted by Crippen LogP contribution is 2.36. The van der Waals surface area contributed by atoms with Crippen molar-refractivity contribution in [3.63, 3.8) is 0 Å². The van der Waals surface area contributed by atoms with Crippen molar-refractivity contribution in [3.8, 4) is 16.9 Å². The molecule has 3 aromatic rings. The van der Waals surface area contributed by atoms with E-state index in [1.54, 1.807) is 7.11 Å². The number of pyridine rings is 1. The summed E-state index contributed by atoms with van der Waals surface area (Å²) in [6, 6.07) is 12.6. The second-order valence-electron chi connectivity index (χ2n) is 9.81. The Hall–Kier alpha value is -2.88. The molecule has 34 heavy (non-hydrogen) atoms. The Kier molecular flexibility index (Phi) is 8.71. The maximum atomic E-state index is 12.3. The number of urea groups is 1. The molecule has 0 bridgehead atoms. The fraction of sp³-hybridized carbons (Fsp3) is 0.440. The van der Waals surface area contributed by atoms with Crippen molar-refractivity contribution in [1.82, 2.24) is 19.8 Å². The number of methoxy groups -OCH3 is 1. The Morgan fingerprint density at radius 2 is 1.88 bits per heavy atom. The number of nitrogens with zero attached hydrogens (tertiary/aromatic N) is 3. The minimum Gasteiger partial charge on any atom is -0.496 e. The normalized spacial score (nSPS) is 11.7. The zero-order valence-corrected chi connectivity index (χ0v) is 22.1. The van der Waals surface area contributed by atoms with Gasteiger partial charge in [-0.25, -0.2) is 9.78 Å². The third kappa shape index (κ3) is 7.06. The number of fused-ring (bicyclic) bond motifs is 1. The number of para-hydroxylation sites is 1. The summed E-state index contributed by atoms with van der Waals surface area (Å²) >= 11 is 0. The van der Waals surface area contributed by atoms with E-state index in [1.165, 1.54) is 0 Å². The Bertz CT molecular complexity index is 1110. The fourth-order valence-electron chi connectivity index (χ4n) is 3.51. The topological polar surface area (TPSA) is 80.6 Å². The van der Waals surface area contributed by atoms with E-state index in [-0.39, 0.29) is 6.03 Å². The summed E-state index contributed by atoms with van der Waals surface area (Å²) < 4.78 is 13.6. The number of anilines is 1. The summed E-state index contributed by atoms with van der Waals surface area (Å²) in [5.74, 6) is 1.28. The van der Waals surface area contributed by atoms with Crippen LogP contribution in [0.2, 0.25) is 25.7 Å². The number of aromatic nitrogens is 2. The van der Waals surface area contributed by atoms with Crippen molar-refractivity contribution in [3.05, 3.63) is 42.6 Å². The van der Waals surface area contributed by atoms with Crippen molar-refractivity contribution >= 4 is 31.0 Å². The van der Waals surface area contributed by atoms with Crippen LogP contribution in [0.15, 0.2) is 42.6 Å². The zero-order valence-electron chi connectivity index (χ0n) is 21.1. The maximum absolute atomic E-state index is 12.3. The van der Waals surface area contributed by atoms with Gasteiger partial charge in [-0.1, -0.05) is 37.8 Å². The number of likely N-dealkylation sites (N-methyl/N-ethyl adjacent to an activating group) is 1. The molecular weight excluding hydrogens is 446 g/mol. The molecule has 0 saturated carbocycles. The zero-order chi connectivity index (χ0) is 24.7. The lowest BCUT2D eigenvalue weighted by Gasteiger charge is -2.15. The number of nitrogens with one attached hydrogen (secondary N) is 2. The molecule has 1 aromatic carbocycles. The van der Waals surface area contributed by atoms with Gasteiger partial charge < -0.3 is 24.3 Å². The molecule has 8 nitrogen and oxygen atoms in total. The number of carbonyl (C=O) groups is 1. The molecule has 9 heteroatoms. The molecule has 0 aliphatic carbocycles. The van der Waals surface area contributed by atoms with Crippen molar-refractivity contribution in [2.75, 3.05) is 46.2 Å². The van der Waals surface area contributed by atoms with E-state index in [0.29, 0.717) is 25.7 Å². The first-order valence-electron chi connectivity index (χ1n) is 11.6. The average Bonchev–Trinajstić information content (AvgIpc) is 3.13. The van der Waals surface area contributed by atoms with Crippen LogP contribution in [0.5, 0.6) is 5.75 Å². The highest BCUT2D eigenvalue weighted by Gasteiger charge is 2.17. The summed E-state index contributed by atoms with van der Waals surface area (Å²) in [5.41, 5.74) is 2.75. The first kappa shape index (κ1) is 25.7. The predicted octanol–water partition coefficient (Wildman–Crippen LogP) is 4.71. The number of hydrogen-bond acceptors (Lipinski definition) is 5. The molecule has 0 atom stereocenters. The number of ether oxygens (including phenoxy) is 2. The number of amides is 2. The number of rotatable bonds is 11. The molecule has 2 amide bonds. The van der Waals surface area contributed by atoms with E-state index in [4.69, 9.17) is 14.5 Å². The van der Waals surface area contributed by atoms with Gasteiger partial charge in [0.05, 0.1) is 7.11 Å². The van der Waals surface area contributed by atoms with Gasteiger partial charge in [-0.15, -0.1) is 0 Å². The monoisotopic (exact) mass is 483 g/mol. The lowest BCUT2D eigenvalue weighted by atomic mass is 10.0. The minimum absolute atomic E-state index is 0.275. The SMILES string of the molecule is COc1ccccc1-c1cn(COCC[Si](C)(C)C)c2nc(NC(=O)NCCN(C)C)ccc12. The van der Waals surface area contributed by atoms with E-state index in [9.17, 15) is 4.79 Å². The van der Waals surface area contributed by atoms with E-state index in [1.807, 2.05) is 66.2 Å². The molecule has 184 valence electrons. The van der Waals surface area contributed by atoms with Gasteiger partial charge in [0.2, 0.25) is 0 Å². The quantitative estimate of drug-likeness (QED) is 0.305. The van der Waals surface area contributed by atoms with Crippen LogP contribution in [0, 0.1) is 0 Å². The summed E-state index contributed by atoms with van der Waals surface area (Å²) in [7, 11) is 4.43. The van der Waals surface area contributed by atoms with Crippen molar-refractivity contribution in [2.24, 2.45) is 0 Å². The van der Waals surface area contributed by atoms with Crippen LogP contribution >= 0.6 is 0 Å². The summed E-state index contributed by atoms with van der Waals surface area (Å²) in [5, 5.41) is 6.66. The number of benzene rings is 1. The van der Waals surface area contributed by atoms with Gasteiger partial charge >= 0.3 is 6.03 Å². The van der Waals surface area contributed by atoms with Crippen LogP contribution in [0.3, 0.4) is 0 Å². The molecule has 0 fully saturated rings. The first-order valence-corrected chi connectivity index (χ1v) is 15.3. The second kappa shape index (κ2) is 11.5. The molecule has 3 rings (SSSR count). The number of hydrogen-bond donors (Lipinski definition) is 2. The molecule has 0 aliphatic rings. The number of carbonyl (C=O) groups excluding carboxylic acids is 1. The first-order chi connectivity index (χ1) is 16.2. The Morgan fingerprint density at radius 3 is 2.59 bits per heavy atom. The van der Waals surface area contributed by atoms with Crippen molar-refractivity contribution < 1.29 is 14.3 Å². The summed E-state index contributed by atoms with van der Waals surface area (Å²) in [4.78, 5) is 19.1. The third-order valence-electron chi connectivity index (χ3n) is 5.43. The summed E-state index contributed by atoms with van der Waals surface area (Å²) in [6.07, 6.45) is 2.05. The van der Waals surface area contributed by atoms with Crippen LogP contribution in [0.1, 0.15) is 0 Å². The highest BCUT2D eigenvalue weighted by atomic mass is 28.3. The smallest absolute Gasteiger partial charge is 0.320 e. The Labute approximate surface area is 203 Å². The van der Waals surface area contributed by atoms with Crippen molar-refractivity contribution in [2.45, 2.75) is 32.4 Å². The lowest BCUT2D eigenvalue weighted by Crippen LogP contribution is -2.34. The van der Waals surface area contributed by atoms with Gasteiger partial charge in [-0.05, 0) is 38.3 Å². The molecule has 0 aliphatic heterocycles. The molecule has 0 radical (unpaired) electrons. The lowest BCUT2D eigenvalue weighted by molar-refractivity contribution is 0.0899. The van der Waals surface area contributed by atoms with Crippen LogP contribution in [0.4, 0.5) is 10.6 Å². The molecule has 0 unspecified atom stereocenters. The van der Waals surface area contributed by atoms with Gasteiger partial charge in [0.15, 0.2) is 0 Å². The van der Waals surface area contributed by atoms with Gasteiger partial charge in [-0.2, -0.15) is 0 Å². The van der Waals surface area contributed by atoms with E-state index in [0.717, 1.165) is 40.5 Å². The van der Waals surface area contributed by atoms with Gasteiger partial charge in [0.25, 0.3) is 0 Å². The highest BCUT2D eigenvalue weighted by molar-refractivity contribution is 6.76. The van der Waals surface area contributed by atoms with Crippen LogP contribution in [-0.4, -0.2) is 69.5 Å². The molecular formula is C25H37N5O3Si. The Morgan fingerprint density at radius 1 is 1.12 bits per heavy atom. The molecule has 0 spiro atoms.